The fraction of sp³-hybridized carbons (Fsp3) is 0.438. The van der Waals surface area contributed by atoms with E-state index >= 15 is 0 Å². The second-order valence-corrected chi connectivity index (χ2v) is 7.51. The lowest BCUT2D eigenvalue weighted by molar-refractivity contribution is -0.00275. The molecule has 118 valence electrons. The zero-order valence-corrected chi connectivity index (χ0v) is 13.6. The summed E-state index contributed by atoms with van der Waals surface area (Å²) in [5.74, 6) is 0. The van der Waals surface area contributed by atoms with Crippen LogP contribution in [0.2, 0.25) is 0 Å². The number of rotatable bonds is 3. The fourth-order valence-electron chi connectivity index (χ4n) is 2.75. The van der Waals surface area contributed by atoms with Crippen molar-refractivity contribution in [3.05, 3.63) is 36.0 Å². The number of pyridine rings is 1. The first-order valence-corrected chi connectivity index (χ1v) is 8.93. The van der Waals surface area contributed by atoms with Gasteiger partial charge in [0.25, 0.3) is 0 Å². The van der Waals surface area contributed by atoms with Crippen LogP contribution < -0.4 is 0 Å². The third-order valence-corrected chi connectivity index (χ3v) is 5.88. The molecule has 0 saturated carbocycles. The highest BCUT2D eigenvalue weighted by atomic mass is 32.2. The minimum Gasteiger partial charge on any atom is -0.375 e. The number of benzene rings is 1. The Balaban J connectivity index is 2.05. The number of para-hydroxylation sites is 1. The van der Waals surface area contributed by atoms with Gasteiger partial charge in [-0.3, -0.25) is 4.98 Å². The summed E-state index contributed by atoms with van der Waals surface area (Å²) in [5, 5.41) is 0.848. The average molecular weight is 320 g/mol. The van der Waals surface area contributed by atoms with Gasteiger partial charge in [0.15, 0.2) is 0 Å². The van der Waals surface area contributed by atoms with Gasteiger partial charge in [-0.05, 0) is 31.0 Å². The van der Waals surface area contributed by atoms with Crippen LogP contribution in [-0.2, 0) is 14.8 Å². The molecule has 1 aliphatic heterocycles. The normalized spacial score (nSPS) is 20.4. The van der Waals surface area contributed by atoms with E-state index in [0.29, 0.717) is 25.2 Å². The maximum absolute atomic E-state index is 13.0. The van der Waals surface area contributed by atoms with E-state index in [0.717, 1.165) is 17.4 Å². The monoisotopic (exact) mass is 320 g/mol. The van der Waals surface area contributed by atoms with Crippen molar-refractivity contribution in [2.75, 3.05) is 19.7 Å². The predicted molar refractivity (Wildman–Crippen MR) is 85.3 cm³/mol. The molecule has 6 heteroatoms. The zero-order chi connectivity index (χ0) is 15.7. The van der Waals surface area contributed by atoms with Crippen LogP contribution >= 0.6 is 0 Å². The van der Waals surface area contributed by atoms with Crippen LogP contribution in [0, 0.1) is 6.92 Å². The molecule has 0 amide bonds. The smallest absolute Gasteiger partial charge is 0.245 e. The highest BCUT2D eigenvalue weighted by Gasteiger charge is 2.31. The minimum absolute atomic E-state index is 0.0336. The van der Waals surface area contributed by atoms with Gasteiger partial charge in [0.2, 0.25) is 10.0 Å². The van der Waals surface area contributed by atoms with E-state index in [2.05, 4.69) is 4.98 Å². The molecule has 1 aromatic heterocycles. The second kappa shape index (κ2) is 5.95. The van der Waals surface area contributed by atoms with Crippen LogP contribution in [0.15, 0.2) is 35.4 Å². The van der Waals surface area contributed by atoms with Gasteiger partial charge in [0, 0.05) is 24.7 Å². The third kappa shape index (κ3) is 2.74. The van der Waals surface area contributed by atoms with E-state index in [-0.39, 0.29) is 11.0 Å². The number of ether oxygens (including phenoxy) is 1. The molecule has 0 aliphatic carbocycles. The number of fused-ring (bicyclic) bond motifs is 1. The molecule has 1 aromatic carbocycles. The molecule has 2 aromatic rings. The Morgan fingerprint density at radius 2 is 2.23 bits per heavy atom. The van der Waals surface area contributed by atoms with Gasteiger partial charge in [-0.25, -0.2) is 8.42 Å². The summed E-state index contributed by atoms with van der Waals surface area (Å²) in [6.45, 7) is 5.18. The number of nitrogens with zero attached hydrogens (tertiary/aromatic N) is 2. The van der Waals surface area contributed by atoms with E-state index in [4.69, 9.17) is 4.74 Å². The number of hydrogen-bond acceptors (Lipinski definition) is 4. The lowest BCUT2D eigenvalue weighted by Gasteiger charge is -2.31. The van der Waals surface area contributed by atoms with Crippen molar-refractivity contribution < 1.29 is 13.2 Å². The Kier molecular flexibility index (Phi) is 4.16. The third-order valence-electron chi connectivity index (χ3n) is 3.99. The highest BCUT2D eigenvalue weighted by molar-refractivity contribution is 7.89. The summed E-state index contributed by atoms with van der Waals surface area (Å²) < 4.78 is 33.0. The molecule has 3 rings (SSSR count). The molecule has 1 saturated heterocycles. The number of sulfonamides is 1. The summed E-state index contributed by atoms with van der Waals surface area (Å²) in [6.07, 6.45) is 2.47. The molecular weight excluding hydrogens is 300 g/mol. The van der Waals surface area contributed by atoms with Crippen LogP contribution in [0.4, 0.5) is 0 Å². The molecule has 2 heterocycles. The number of hydrogen-bond donors (Lipinski definition) is 0. The van der Waals surface area contributed by atoms with Gasteiger partial charge < -0.3 is 4.74 Å². The van der Waals surface area contributed by atoms with Gasteiger partial charge in [-0.15, -0.1) is 0 Å². The molecule has 22 heavy (non-hydrogen) atoms. The van der Waals surface area contributed by atoms with Crippen LogP contribution in [0.1, 0.15) is 18.9 Å². The predicted octanol–water partition coefficient (Wildman–Crippen LogP) is 2.34. The first-order chi connectivity index (χ1) is 10.5. The first kappa shape index (κ1) is 15.4. The molecular formula is C16H20N2O3S. The Bertz CT molecular complexity index is 789. The Morgan fingerprint density at radius 3 is 3.00 bits per heavy atom. The summed E-state index contributed by atoms with van der Waals surface area (Å²) in [5.41, 5.74) is 1.55. The SMILES string of the molecule is CC[C@@H]1CN(S(=O)(=O)c2cccc3cc(C)cnc23)CCO1. The van der Waals surface area contributed by atoms with Gasteiger partial charge in [-0.1, -0.05) is 19.1 Å². The van der Waals surface area contributed by atoms with Gasteiger partial charge in [0.1, 0.15) is 4.90 Å². The largest absolute Gasteiger partial charge is 0.375 e. The number of aryl methyl sites for hydroxylation is 1. The number of morpholine rings is 1. The number of aromatic nitrogens is 1. The maximum atomic E-state index is 13.0. The molecule has 1 atom stereocenters. The topological polar surface area (TPSA) is 59.5 Å². The summed E-state index contributed by atoms with van der Waals surface area (Å²) in [7, 11) is -3.55. The Labute approximate surface area is 131 Å². The quantitative estimate of drug-likeness (QED) is 0.871. The van der Waals surface area contributed by atoms with Crippen molar-refractivity contribution >= 4 is 20.9 Å². The summed E-state index contributed by atoms with van der Waals surface area (Å²) in [6, 6.07) is 7.25. The highest BCUT2D eigenvalue weighted by Crippen LogP contribution is 2.26. The Morgan fingerprint density at radius 1 is 1.41 bits per heavy atom. The van der Waals surface area contributed by atoms with Gasteiger partial charge in [0.05, 0.1) is 18.2 Å². The average Bonchev–Trinajstić information content (AvgIpc) is 2.54. The molecule has 1 aliphatic rings. The van der Waals surface area contributed by atoms with E-state index in [9.17, 15) is 8.42 Å². The van der Waals surface area contributed by atoms with Crippen LogP contribution in [0.25, 0.3) is 10.9 Å². The lowest BCUT2D eigenvalue weighted by Crippen LogP contribution is -2.45. The van der Waals surface area contributed by atoms with Crippen molar-refractivity contribution in [2.24, 2.45) is 0 Å². The standard InChI is InChI=1S/C16H20N2O3S/c1-3-14-11-18(7-8-21-14)22(19,20)15-6-4-5-13-9-12(2)10-17-16(13)15/h4-6,9-10,14H,3,7-8,11H2,1-2H3/t14-/m1/s1. The molecule has 0 N–H and O–H groups in total. The van der Waals surface area contributed by atoms with E-state index in [1.54, 1.807) is 18.3 Å². The zero-order valence-electron chi connectivity index (χ0n) is 12.8. The molecule has 0 unspecified atom stereocenters. The van der Waals surface area contributed by atoms with Crippen molar-refractivity contribution in [2.45, 2.75) is 31.3 Å². The van der Waals surface area contributed by atoms with Crippen molar-refractivity contribution in [3.63, 3.8) is 0 Å². The van der Waals surface area contributed by atoms with Gasteiger partial charge >= 0.3 is 0 Å². The summed E-state index contributed by atoms with van der Waals surface area (Å²) in [4.78, 5) is 4.62. The van der Waals surface area contributed by atoms with Crippen LogP contribution in [0.3, 0.4) is 0 Å². The van der Waals surface area contributed by atoms with Crippen molar-refractivity contribution in [1.29, 1.82) is 0 Å². The van der Waals surface area contributed by atoms with E-state index < -0.39 is 10.0 Å². The lowest BCUT2D eigenvalue weighted by atomic mass is 10.2. The van der Waals surface area contributed by atoms with Crippen LogP contribution in [-0.4, -0.2) is 43.5 Å². The molecule has 5 nitrogen and oxygen atoms in total. The van der Waals surface area contributed by atoms with E-state index in [1.807, 2.05) is 26.0 Å². The molecule has 1 fully saturated rings. The first-order valence-electron chi connectivity index (χ1n) is 7.49. The molecule has 0 spiro atoms. The maximum Gasteiger partial charge on any atom is 0.245 e. The minimum atomic E-state index is -3.55. The molecule has 0 radical (unpaired) electrons. The van der Waals surface area contributed by atoms with E-state index in [1.165, 1.54) is 4.31 Å². The van der Waals surface area contributed by atoms with Crippen molar-refractivity contribution in [3.8, 4) is 0 Å². The Hall–Kier alpha value is -1.50. The fourth-order valence-corrected chi connectivity index (χ4v) is 4.37. The van der Waals surface area contributed by atoms with Crippen LogP contribution in [0.5, 0.6) is 0 Å². The second-order valence-electron chi connectivity index (χ2n) is 5.60. The summed E-state index contributed by atoms with van der Waals surface area (Å²) >= 11 is 0. The van der Waals surface area contributed by atoms with Crippen molar-refractivity contribution in [1.82, 2.24) is 9.29 Å². The molecule has 0 bridgehead atoms. The van der Waals surface area contributed by atoms with Gasteiger partial charge in [-0.2, -0.15) is 4.31 Å².